The predicted octanol–water partition coefficient (Wildman–Crippen LogP) is 2.65. The molecule has 1 aromatic heterocycles. The molecule has 1 N–H and O–H groups in total. The van der Waals surface area contributed by atoms with E-state index in [9.17, 15) is 0 Å². The van der Waals surface area contributed by atoms with Gasteiger partial charge in [-0.05, 0) is 32.6 Å². The maximum absolute atomic E-state index is 5.43. The molecule has 0 saturated carbocycles. The van der Waals surface area contributed by atoms with Crippen LogP contribution in [-0.4, -0.2) is 28.7 Å². The van der Waals surface area contributed by atoms with Crippen molar-refractivity contribution in [1.82, 2.24) is 15.4 Å². The topological polar surface area (TPSA) is 41.3 Å². The van der Waals surface area contributed by atoms with Crippen molar-refractivity contribution < 1.29 is 4.52 Å². The van der Waals surface area contributed by atoms with Gasteiger partial charge in [-0.1, -0.05) is 19.0 Å². The van der Waals surface area contributed by atoms with Crippen molar-refractivity contribution in [1.29, 1.82) is 0 Å². The monoisotopic (exact) mass is 265 g/mol. The number of hydrogen-bond acceptors (Lipinski definition) is 4. The first-order chi connectivity index (χ1) is 8.83. The van der Waals surface area contributed by atoms with Crippen molar-refractivity contribution in [3.05, 3.63) is 17.5 Å². The molecule has 0 bridgehead atoms. The second kappa shape index (κ2) is 5.63. The first kappa shape index (κ1) is 14.5. The van der Waals surface area contributed by atoms with Gasteiger partial charge in [0.1, 0.15) is 0 Å². The molecule has 2 heterocycles. The van der Waals surface area contributed by atoms with Crippen LogP contribution in [0.25, 0.3) is 0 Å². The third kappa shape index (κ3) is 4.32. The Bertz CT molecular complexity index is 398. The second-order valence-electron chi connectivity index (χ2n) is 7.04. The Hall–Kier alpha value is -0.870. The Balaban J connectivity index is 1.84. The van der Waals surface area contributed by atoms with E-state index in [0.29, 0.717) is 0 Å². The van der Waals surface area contributed by atoms with Gasteiger partial charge in [0.2, 0.25) is 0 Å². The number of aromatic nitrogens is 1. The first-order valence-corrected chi connectivity index (χ1v) is 7.25. The molecular weight excluding hydrogens is 238 g/mol. The Kier molecular flexibility index (Phi) is 4.31. The summed E-state index contributed by atoms with van der Waals surface area (Å²) in [4.78, 5) is 2.46. The maximum atomic E-state index is 5.43. The standard InChI is InChI=1S/C15H27N3O/c1-11-8-18(9-12(11)2)10-14-6-13(17-19-14)7-16-15(3,4)5/h6,11-12,16H,7-10H2,1-5H3. The highest BCUT2D eigenvalue weighted by atomic mass is 16.5. The summed E-state index contributed by atoms with van der Waals surface area (Å²) < 4.78 is 5.43. The maximum Gasteiger partial charge on any atom is 0.151 e. The van der Waals surface area contributed by atoms with E-state index in [-0.39, 0.29) is 5.54 Å². The molecule has 2 unspecified atom stereocenters. The van der Waals surface area contributed by atoms with Crippen LogP contribution in [0.15, 0.2) is 10.6 Å². The van der Waals surface area contributed by atoms with Crippen LogP contribution in [0.5, 0.6) is 0 Å². The van der Waals surface area contributed by atoms with Gasteiger partial charge in [-0.15, -0.1) is 0 Å². The van der Waals surface area contributed by atoms with Gasteiger partial charge in [-0.25, -0.2) is 0 Å². The van der Waals surface area contributed by atoms with Crippen LogP contribution in [0.1, 0.15) is 46.1 Å². The van der Waals surface area contributed by atoms with Crippen molar-refractivity contribution in [2.75, 3.05) is 13.1 Å². The van der Waals surface area contributed by atoms with E-state index < -0.39 is 0 Å². The van der Waals surface area contributed by atoms with Gasteiger partial charge in [-0.2, -0.15) is 0 Å². The number of nitrogens with one attached hydrogen (secondary N) is 1. The fraction of sp³-hybridized carbons (Fsp3) is 0.800. The highest BCUT2D eigenvalue weighted by molar-refractivity contribution is 5.06. The average Bonchev–Trinajstić information content (AvgIpc) is 2.84. The van der Waals surface area contributed by atoms with Crippen LogP contribution in [0.3, 0.4) is 0 Å². The summed E-state index contributed by atoms with van der Waals surface area (Å²) in [6, 6.07) is 2.08. The van der Waals surface area contributed by atoms with E-state index >= 15 is 0 Å². The van der Waals surface area contributed by atoms with Crippen LogP contribution >= 0.6 is 0 Å². The lowest BCUT2D eigenvalue weighted by atomic mass is 10.0. The van der Waals surface area contributed by atoms with Crippen LogP contribution in [0.2, 0.25) is 0 Å². The number of nitrogens with zero attached hydrogens (tertiary/aromatic N) is 2. The molecule has 1 aromatic rings. The lowest BCUT2D eigenvalue weighted by molar-refractivity contribution is 0.263. The minimum atomic E-state index is 0.110. The summed E-state index contributed by atoms with van der Waals surface area (Å²) >= 11 is 0. The molecule has 2 rings (SSSR count). The zero-order valence-electron chi connectivity index (χ0n) is 12.9. The molecule has 1 aliphatic rings. The molecule has 0 aliphatic carbocycles. The second-order valence-corrected chi connectivity index (χ2v) is 7.04. The van der Waals surface area contributed by atoms with Crippen LogP contribution in [0, 0.1) is 11.8 Å². The fourth-order valence-electron chi connectivity index (χ4n) is 2.47. The summed E-state index contributed by atoms with van der Waals surface area (Å²) in [5.41, 5.74) is 1.10. The summed E-state index contributed by atoms with van der Waals surface area (Å²) in [6.45, 7) is 15.1. The van der Waals surface area contributed by atoms with E-state index in [1.54, 1.807) is 0 Å². The summed E-state index contributed by atoms with van der Waals surface area (Å²) in [5, 5.41) is 7.56. The lowest BCUT2D eigenvalue weighted by Crippen LogP contribution is -2.35. The molecule has 19 heavy (non-hydrogen) atoms. The minimum Gasteiger partial charge on any atom is -0.360 e. The summed E-state index contributed by atoms with van der Waals surface area (Å²) in [5.74, 6) is 2.54. The minimum absolute atomic E-state index is 0.110. The molecule has 1 aliphatic heterocycles. The van der Waals surface area contributed by atoms with Gasteiger partial charge in [0, 0.05) is 31.2 Å². The molecule has 0 amide bonds. The molecular formula is C15H27N3O. The molecule has 1 fully saturated rings. The van der Waals surface area contributed by atoms with E-state index in [2.05, 4.69) is 56.1 Å². The molecule has 4 nitrogen and oxygen atoms in total. The first-order valence-electron chi connectivity index (χ1n) is 7.25. The fourth-order valence-corrected chi connectivity index (χ4v) is 2.47. The van der Waals surface area contributed by atoms with Crippen molar-refractivity contribution in [3.63, 3.8) is 0 Å². The zero-order valence-corrected chi connectivity index (χ0v) is 12.9. The molecule has 0 radical (unpaired) electrons. The predicted molar refractivity (Wildman–Crippen MR) is 76.7 cm³/mol. The lowest BCUT2D eigenvalue weighted by Gasteiger charge is -2.19. The van der Waals surface area contributed by atoms with Crippen molar-refractivity contribution >= 4 is 0 Å². The highest BCUT2D eigenvalue weighted by Crippen LogP contribution is 2.23. The highest BCUT2D eigenvalue weighted by Gasteiger charge is 2.26. The molecule has 0 aromatic carbocycles. The Morgan fingerprint density at radius 1 is 1.32 bits per heavy atom. The van der Waals surface area contributed by atoms with Gasteiger partial charge in [0.15, 0.2) is 5.76 Å². The van der Waals surface area contributed by atoms with Crippen LogP contribution in [0.4, 0.5) is 0 Å². The summed E-state index contributed by atoms with van der Waals surface area (Å²) in [6.07, 6.45) is 0. The third-order valence-electron chi connectivity index (χ3n) is 3.85. The smallest absolute Gasteiger partial charge is 0.151 e. The Morgan fingerprint density at radius 3 is 2.53 bits per heavy atom. The van der Waals surface area contributed by atoms with Gasteiger partial charge in [0.25, 0.3) is 0 Å². The van der Waals surface area contributed by atoms with E-state index in [0.717, 1.165) is 49.5 Å². The van der Waals surface area contributed by atoms with Crippen LogP contribution in [-0.2, 0) is 13.1 Å². The zero-order chi connectivity index (χ0) is 14.0. The number of likely N-dealkylation sites (tertiary alicyclic amines) is 1. The SMILES string of the molecule is CC1CN(Cc2cc(CNC(C)(C)C)no2)CC1C. The van der Waals surface area contributed by atoms with E-state index in [1.807, 2.05) is 0 Å². The third-order valence-corrected chi connectivity index (χ3v) is 3.85. The summed E-state index contributed by atoms with van der Waals surface area (Å²) in [7, 11) is 0. The van der Waals surface area contributed by atoms with E-state index in [4.69, 9.17) is 4.52 Å². The number of rotatable bonds is 4. The van der Waals surface area contributed by atoms with Gasteiger partial charge >= 0.3 is 0 Å². The van der Waals surface area contributed by atoms with Gasteiger partial charge in [0.05, 0.1) is 12.2 Å². The Labute approximate surface area is 116 Å². The van der Waals surface area contributed by atoms with Gasteiger partial charge < -0.3 is 9.84 Å². The molecule has 108 valence electrons. The normalized spacial score (nSPS) is 25.1. The van der Waals surface area contributed by atoms with Crippen molar-refractivity contribution in [2.24, 2.45) is 11.8 Å². The quantitative estimate of drug-likeness (QED) is 0.908. The van der Waals surface area contributed by atoms with Gasteiger partial charge in [-0.3, -0.25) is 4.90 Å². The number of hydrogen-bond donors (Lipinski definition) is 1. The average molecular weight is 265 g/mol. The van der Waals surface area contributed by atoms with E-state index in [1.165, 1.54) is 0 Å². The van der Waals surface area contributed by atoms with Crippen LogP contribution < -0.4 is 5.32 Å². The van der Waals surface area contributed by atoms with Crippen molar-refractivity contribution in [3.8, 4) is 0 Å². The molecule has 4 heteroatoms. The Morgan fingerprint density at radius 2 is 1.95 bits per heavy atom. The molecule has 2 atom stereocenters. The molecule has 0 spiro atoms. The largest absolute Gasteiger partial charge is 0.360 e. The molecule has 1 saturated heterocycles. The van der Waals surface area contributed by atoms with Crippen molar-refractivity contribution in [2.45, 2.75) is 53.2 Å².